The van der Waals surface area contributed by atoms with E-state index < -0.39 is 10.0 Å². The maximum Gasteiger partial charge on any atom is 0.223 e. The third-order valence-corrected chi connectivity index (χ3v) is 8.22. The minimum absolute atomic E-state index is 0.00720. The zero-order valence-electron chi connectivity index (χ0n) is 18.2. The normalized spacial score (nSPS) is 15.9. The molecule has 1 saturated heterocycles. The lowest BCUT2D eigenvalue weighted by atomic mass is 9.97. The second-order valence-corrected chi connectivity index (χ2v) is 11.4. The number of hydrogen-bond acceptors (Lipinski definition) is 3. The van der Waals surface area contributed by atoms with Gasteiger partial charge in [0.25, 0.3) is 0 Å². The first kappa shape index (κ1) is 24.0. The van der Waals surface area contributed by atoms with Crippen molar-refractivity contribution in [3.05, 3.63) is 69.7 Å². The SMILES string of the molecule is CC(C)c1ccc(CCNC(=O)C2CCN(S(=O)(=O)Cc3ccc(Br)cc3)CC2)cc1. The fourth-order valence-electron chi connectivity index (χ4n) is 3.82. The van der Waals surface area contributed by atoms with Crippen LogP contribution < -0.4 is 5.32 Å². The number of nitrogens with zero attached hydrogens (tertiary/aromatic N) is 1. The van der Waals surface area contributed by atoms with Crippen molar-refractivity contribution < 1.29 is 13.2 Å². The highest BCUT2D eigenvalue weighted by Gasteiger charge is 2.31. The van der Waals surface area contributed by atoms with Crippen molar-refractivity contribution in [3.8, 4) is 0 Å². The molecule has 1 aliphatic heterocycles. The number of amides is 1. The third kappa shape index (κ3) is 6.89. The minimum Gasteiger partial charge on any atom is -0.356 e. The Hall–Kier alpha value is -1.70. The van der Waals surface area contributed by atoms with E-state index in [-0.39, 0.29) is 17.6 Å². The summed E-state index contributed by atoms with van der Waals surface area (Å²) in [5, 5.41) is 3.03. The van der Waals surface area contributed by atoms with Crippen LogP contribution in [0.5, 0.6) is 0 Å². The molecule has 0 bridgehead atoms. The number of carbonyl (C=O) groups excluding carboxylic acids is 1. The quantitative estimate of drug-likeness (QED) is 0.574. The van der Waals surface area contributed by atoms with Crippen LogP contribution in [0, 0.1) is 5.92 Å². The molecule has 1 N–H and O–H groups in total. The van der Waals surface area contributed by atoms with Crippen molar-refractivity contribution in [2.75, 3.05) is 19.6 Å². The van der Waals surface area contributed by atoms with Gasteiger partial charge in [0.1, 0.15) is 0 Å². The topological polar surface area (TPSA) is 66.5 Å². The standard InChI is InChI=1S/C24H31BrN2O3S/c1-18(2)21-7-3-19(4-8-21)11-14-26-24(28)22-12-15-27(16-13-22)31(29,30)17-20-5-9-23(25)10-6-20/h3-10,18,22H,11-17H2,1-2H3,(H,26,28). The molecular formula is C24H31BrN2O3S. The fraction of sp³-hybridized carbons (Fsp3) is 0.458. The third-order valence-electron chi connectivity index (χ3n) is 5.84. The number of sulfonamides is 1. The second-order valence-electron chi connectivity index (χ2n) is 8.49. The number of piperidine rings is 1. The van der Waals surface area contributed by atoms with E-state index in [9.17, 15) is 13.2 Å². The van der Waals surface area contributed by atoms with Crippen LogP contribution in [0.1, 0.15) is 49.3 Å². The van der Waals surface area contributed by atoms with E-state index in [2.05, 4.69) is 59.4 Å². The number of nitrogens with one attached hydrogen (secondary N) is 1. The van der Waals surface area contributed by atoms with E-state index in [4.69, 9.17) is 0 Å². The summed E-state index contributed by atoms with van der Waals surface area (Å²) < 4.78 is 27.9. The number of halogens is 1. The molecule has 3 rings (SSSR count). The molecule has 2 aromatic rings. The lowest BCUT2D eigenvalue weighted by Crippen LogP contribution is -2.43. The molecular weight excluding hydrogens is 476 g/mol. The Morgan fingerprint density at radius 2 is 1.61 bits per heavy atom. The highest BCUT2D eigenvalue weighted by atomic mass is 79.9. The summed E-state index contributed by atoms with van der Waals surface area (Å²) in [5.74, 6) is 0.414. The number of benzene rings is 2. The van der Waals surface area contributed by atoms with E-state index in [0.717, 1.165) is 16.5 Å². The van der Waals surface area contributed by atoms with Crippen LogP contribution in [0.2, 0.25) is 0 Å². The summed E-state index contributed by atoms with van der Waals surface area (Å²) in [4.78, 5) is 12.5. The summed E-state index contributed by atoms with van der Waals surface area (Å²) >= 11 is 3.36. The Labute approximate surface area is 194 Å². The van der Waals surface area contributed by atoms with E-state index in [1.165, 1.54) is 15.4 Å². The summed E-state index contributed by atoms with van der Waals surface area (Å²) in [6.45, 7) is 5.74. The van der Waals surface area contributed by atoms with Gasteiger partial charge < -0.3 is 5.32 Å². The summed E-state index contributed by atoms with van der Waals surface area (Å²) in [5.41, 5.74) is 3.29. The summed E-state index contributed by atoms with van der Waals surface area (Å²) in [6, 6.07) is 15.9. The molecule has 1 amide bonds. The molecule has 0 aliphatic carbocycles. The van der Waals surface area contributed by atoms with Crippen LogP contribution in [0.25, 0.3) is 0 Å². The van der Waals surface area contributed by atoms with Gasteiger partial charge in [0.15, 0.2) is 0 Å². The highest BCUT2D eigenvalue weighted by molar-refractivity contribution is 9.10. The Balaban J connectivity index is 1.43. The lowest BCUT2D eigenvalue weighted by Gasteiger charge is -2.30. The van der Waals surface area contributed by atoms with Crippen molar-refractivity contribution >= 4 is 31.9 Å². The van der Waals surface area contributed by atoms with Gasteiger partial charge in [-0.2, -0.15) is 0 Å². The van der Waals surface area contributed by atoms with Crippen LogP contribution in [-0.2, 0) is 27.0 Å². The predicted octanol–water partition coefficient (Wildman–Crippen LogP) is 4.47. The molecule has 5 nitrogen and oxygen atoms in total. The van der Waals surface area contributed by atoms with Crippen molar-refractivity contribution in [1.29, 1.82) is 0 Å². The van der Waals surface area contributed by atoms with E-state index >= 15 is 0 Å². The zero-order valence-corrected chi connectivity index (χ0v) is 20.6. The lowest BCUT2D eigenvalue weighted by molar-refractivity contribution is -0.126. The maximum absolute atomic E-state index is 12.7. The molecule has 0 atom stereocenters. The molecule has 1 heterocycles. The predicted molar refractivity (Wildman–Crippen MR) is 128 cm³/mol. The number of carbonyl (C=O) groups is 1. The van der Waals surface area contributed by atoms with Crippen molar-refractivity contribution in [2.45, 2.75) is 44.8 Å². The number of rotatable bonds is 8. The molecule has 0 spiro atoms. The molecule has 0 saturated carbocycles. The van der Waals surface area contributed by atoms with E-state index in [0.29, 0.717) is 38.4 Å². The smallest absolute Gasteiger partial charge is 0.223 e. The van der Waals surface area contributed by atoms with Crippen molar-refractivity contribution in [2.24, 2.45) is 5.92 Å². The van der Waals surface area contributed by atoms with E-state index in [1.54, 1.807) is 0 Å². The average Bonchev–Trinajstić information content (AvgIpc) is 2.75. The first-order chi connectivity index (χ1) is 14.7. The van der Waals surface area contributed by atoms with Crippen molar-refractivity contribution in [3.63, 3.8) is 0 Å². The van der Waals surface area contributed by atoms with Gasteiger partial charge in [-0.1, -0.05) is 66.2 Å². The molecule has 0 aromatic heterocycles. The Morgan fingerprint density at radius 3 is 2.19 bits per heavy atom. The molecule has 0 radical (unpaired) electrons. The summed E-state index contributed by atoms with van der Waals surface area (Å²) in [7, 11) is -3.37. The molecule has 7 heteroatoms. The van der Waals surface area contributed by atoms with Crippen LogP contribution >= 0.6 is 15.9 Å². The van der Waals surface area contributed by atoms with Gasteiger partial charge in [0.05, 0.1) is 5.75 Å². The van der Waals surface area contributed by atoms with Crippen LogP contribution in [0.3, 0.4) is 0 Å². The van der Waals surface area contributed by atoms with Gasteiger partial charge in [-0.3, -0.25) is 4.79 Å². The van der Waals surface area contributed by atoms with Gasteiger partial charge in [0, 0.05) is 30.0 Å². The molecule has 1 aliphatic rings. The summed E-state index contributed by atoms with van der Waals surface area (Å²) in [6.07, 6.45) is 1.92. The van der Waals surface area contributed by atoms with Crippen molar-refractivity contribution in [1.82, 2.24) is 9.62 Å². The highest BCUT2D eigenvalue weighted by Crippen LogP contribution is 2.22. The van der Waals surface area contributed by atoms with Gasteiger partial charge >= 0.3 is 0 Å². The Kier molecular flexibility index (Phi) is 8.30. The average molecular weight is 507 g/mol. The fourth-order valence-corrected chi connectivity index (χ4v) is 5.65. The largest absolute Gasteiger partial charge is 0.356 e. The van der Waals surface area contributed by atoms with Gasteiger partial charge in [-0.05, 0) is 54.0 Å². The first-order valence-electron chi connectivity index (χ1n) is 10.8. The second kappa shape index (κ2) is 10.7. The monoisotopic (exact) mass is 506 g/mol. The van der Waals surface area contributed by atoms with Gasteiger partial charge in [-0.25, -0.2) is 12.7 Å². The Bertz CT molecular complexity index is 965. The molecule has 1 fully saturated rings. The Morgan fingerprint density at radius 1 is 1.03 bits per heavy atom. The van der Waals surface area contributed by atoms with E-state index in [1.807, 2.05) is 24.3 Å². The van der Waals surface area contributed by atoms with Crippen LogP contribution in [0.4, 0.5) is 0 Å². The molecule has 31 heavy (non-hydrogen) atoms. The molecule has 0 unspecified atom stereocenters. The van der Waals surface area contributed by atoms with Crippen LogP contribution in [0.15, 0.2) is 53.0 Å². The van der Waals surface area contributed by atoms with Crippen LogP contribution in [-0.4, -0.2) is 38.3 Å². The number of hydrogen-bond donors (Lipinski definition) is 1. The zero-order chi connectivity index (χ0) is 22.4. The van der Waals surface area contributed by atoms with Gasteiger partial charge in [0.2, 0.25) is 15.9 Å². The molecule has 168 valence electrons. The maximum atomic E-state index is 12.7. The molecule has 2 aromatic carbocycles. The first-order valence-corrected chi connectivity index (χ1v) is 13.2. The minimum atomic E-state index is -3.37. The van der Waals surface area contributed by atoms with Gasteiger partial charge in [-0.15, -0.1) is 0 Å².